The Kier molecular flexibility index (Phi) is 15.5. The van der Waals surface area contributed by atoms with Gasteiger partial charge in [-0.05, 0) is 19.4 Å². The fraction of sp³-hybridized carbons (Fsp3) is 0.583. The van der Waals surface area contributed by atoms with Crippen LogP contribution in [0.2, 0.25) is 0 Å². The molecule has 0 heterocycles. The molecule has 0 bridgehead atoms. The Balaban J connectivity index is 0. The Morgan fingerprint density at radius 3 is 2.31 bits per heavy atom. The van der Waals surface area contributed by atoms with Crippen LogP contribution in [0.1, 0.15) is 40.5 Å². The number of nitrogens with zero attached hydrogens (tertiary/aromatic N) is 1. The number of hydrogen-bond donors (Lipinski definition) is 0. The van der Waals surface area contributed by atoms with Crippen LogP contribution in [0.3, 0.4) is 0 Å². The van der Waals surface area contributed by atoms with Crippen molar-refractivity contribution in [2.24, 2.45) is 4.99 Å². The lowest BCUT2D eigenvalue weighted by Gasteiger charge is -1.95. The van der Waals surface area contributed by atoms with Gasteiger partial charge < -0.3 is 0 Å². The van der Waals surface area contributed by atoms with Crippen molar-refractivity contribution < 1.29 is 0 Å². The Morgan fingerprint density at radius 1 is 1.31 bits per heavy atom. The van der Waals surface area contributed by atoms with Gasteiger partial charge in [-0.3, -0.25) is 4.99 Å². The molecule has 0 rings (SSSR count). The van der Waals surface area contributed by atoms with Crippen LogP contribution < -0.4 is 0 Å². The summed E-state index contributed by atoms with van der Waals surface area (Å²) in [6.07, 6.45) is 7.96. The molecular weight excluding hydrogens is 158 g/mol. The van der Waals surface area contributed by atoms with Gasteiger partial charge in [0.1, 0.15) is 0 Å². The van der Waals surface area contributed by atoms with Crippen molar-refractivity contribution >= 4 is 5.71 Å². The third-order valence-electron chi connectivity index (χ3n) is 1.29. The van der Waals surface area contributed by atoms with Gasteiger partial charge in [0.2, 0.25) is 0 Å². The van der Waals surface area contributed by atoms with E-state index in [4.69, 9.17) is 0 Å². The van der Waals surface area contributed by atoms with Crippen LogP contribution in [-0.4, -0.2) is 12.3 Å². The molecule has 0 aromatic rings. The second-order valence-corrected chi connectivity index (χ2v) is 2.31. The molecule has 0 fully saturated rings. The summed E-state index contributed by atoms with van der Waals surface area (Å²) in [6, 6.07) is 0. The van der Waals surface area contributed by atoms with E-state index < -0.39 is 0 Å². The van der Waals surface area contributed by atoms with Gasteiger partial charge in [0.05, 0.1) is 0 Å². The molecule has 0 aliphatic carbocycles. The van der Waals surface area contributed by atoms with Gasteiger partial charge in [0, 0.05) is 12.3 Å². The Hall–Kier alpha value is -0.850. The highest BCUT2D eigenvalue weighted by molar-refractivity contribution is 5.95. The summed E-state index contributed by atoms with van der Waals surface area (Å²) in [7, 11) is 0. The summed E-state index contributed by atoms with van der Waals surface area (Å²) in [6.45, 7) is 12.7. The third kappa shape index (κ3) is 11.1. The molecule has 0 N–H and O–H groups in total. The maximum absolute atomic E-state index is 4.33. The number of hydrogen-bond acceptors (Lipinski definition) is 1. The maximum Gasteiger partial charge on any atom is 0.0364 e. The molecule has 0 aliphatic rings. The first kappa shape index (κ1) is 14.7. The molecule has 0 saturated heterocycles. The fourth-order valence-electron chi connectivity index (χ4n) is 0.853. The number of aliphatic imine (C=N–C) groups is 1. The van der Waals surface area contributed by atoms with Crippen LogP contribution in [0.4, 0.5) is 0 Å². The van der Waals surface area contributed by atoms with Crippen LogP contribution in [0.25, 0.3) is 0 Å². The van der Waals surface area contributed by atoms with Crippen LogP contribution in [-0.2, 0) is 0 Å². The van der Waals surface area contributed by atoms with E-state index in [1.807, 2.05) is 26.0 Å². The smallest absolute Gasteiger partial charge is 0.0364 e. The predicted octanol–water partition coefficient (Wildman–Crippen LogP) is 4.02. The highest BCUT2D eigenvalue weighted by Gasteiger charge is 1.88. The second-order valence-electron chi connectivity index (χ2n) is 2.31. The summed E-state index contributed by atoms with van der Waals surface area (Å²) < 4.78 is 0. The van der Waals surface area contributed by atoms with E-state index in [0.29, 0.717) is 0 Å². The van der Waals surface area contributed by atoms with Gasteiger partial charge in [-0.25, -0.2) is 0 Å². The average molecular weight is 181 g/mol. The van der Waals surface area contributed by atoms with Gasteiger partial charge in [0.25, 0.3) is 0 Å². The summed E-state index contributed by atoms with van der Waals surface area (Å²) >= 11 is 0. The predicted molar refractivity (Wildman–Crippen MR) is 63.6 cm³/mol. The van der Waals surface area contributed by atoms with E-state index >= 15 is 0 Å². The third-order valence-corrected chi connectivity index (χ3v) is 1.29. The zero-order valence-corrected chi connectivity index (χ0v) is 9.51. The van der Waals surface area contributed by atoms with E-state index in [-0.39, 0.29) is 0 Å². The van der Waals surface area contributed by atoms with Crippen LogP contribution in [0.5, 0.6) is 0 Å². The molecule has 0 aromatic carbocycles. The molecule has 76 valence electrons. The SMILES string of the molecule is C=C/C=C\C(CCC)=NCC.CC. The van der Waals surface area contributed by atoms with Gasteiger partial charge in [-0.15, -0.1) is 0 Å². The molecule has 1 heteroatoms. The Morgan fingerprint density at radius 2 is 1.92 bits per heavy atom. The molecule has 0 aromatic heterocycles. The Labute approximate surface area is 83.3 Å². The van der Waals surface area contributed by atoms with Crippen molar-refractivity contribution in [3.05, 3.63) is 24.8 Å². The lowest BCUT2D eigenvalue weighted by atomic mass is 10.2. The molecular formula is C12H23N. The summed E-state index contributed by atoms with van der Waals surface area (Å²) in [5, 5.41) is 0. The van der Waals surface area contributed by atoms with Gasteiger partial charge in [-0.2, -0.15) is 0 Å². The van der Waals surface area contributed by atoms with Crippen molar-refractivity contribution in [2.45, 2.75) is 40.5 Å². The monoisotopic (exact) mass is 181 g/mol. The van der Waals surface area contributed by atoms with Crippen LogP contribution >= 0.6 is 0 Å². The zero-order valence-electron chi connectivity index (χ0n) is 9.51. The fourth-order valence-corrected chi connectivity index (χ4v) is 0.853. The number of rotatable bonds is 5. The van der Waals surface area contributed by atoms with Gasteiger partial charge in [-0.1, -0.05) is 45.9 Å². The minimum Gasteiger partial charge on any atom is -0.290 e. The molecule has 0 spiro atoms. The molecule has 0 atom stereocenters. The quantitative estimate of drug-likeness (QED) is 0.449. The molecule has 13 heavy (non-hydrogen) atoms. The molecule has 0 amide bonds. The second kappa shape index (κ2) is 13.7. The molecule has 1 nitrogen and oxygen atoms in total. The largest absolute Gasteiger partial charge is 0.290 e. The number of allylic oxidation sites excluding steroid dienone is 3. The minimum absolute atomic E-state index is 0.872. The lowest BCUT2D eigenvalue weighted by Crippen LogP contribution is -1.92. The van der Waals surface area contributed by atoms with E-state index in [0.717, 1.165) is 19.4 Å². The summed E-state index contributed by atoms with van der Waals surface area (Å²) in [4.78, 5) is 4.33. The first-order valence-electron chi connectivity index (χ1n) is 5.17. The van der Waals surface area contributed by atoms with Gasteiger partial charge >= 0.3 is 0 Å². The molecule has 0 unspecified atom stereocenters. The first-order chi connectivity index (χ1) is 6.35. The van der Waals surface area contributed by atoms with Crippen molar-refractivity contribution in [1.29, 1.82) is 0 Å². The standard InChI is InChI=1S/C10H17N.C2H6/c1-4-7-9-10(8-5-2)11-6-3;1-2/h4,7,9H,1,5-6,8H2,2-3H3;1-2H3/b9-7-,11-10?;. The van der Waals surface area contributed by atoms with E-state index in [2.05, 4.69) is 25.4 Å². The van der Waals surface area contributed by atoms with Crippen molar-refractivity contribution in [1.82, 2.24) is 0 Å². The molecule has 0 saturated carbocycles. The topological polar surface area (TPSA) is 12.4 Å². The lowest BCUT2D eigenvalue weighted by molar-refractivity contribution is 0.980. The van der Waals surface area contributed by atoms with Crippen LogP contribution in [0, 0.1) is 0 Å². The molecule has 0 radical (unpaired) electrons. The van der Waals surface area contributed by atoms with Gasteiger partial charge in [0.15, 0.2) is 0 Å². The minimum atomic E-state index is 0.872. The van der Waals surface area contributed by atoms with Crippen molar-refractivity contribution in [2.75, 3.05) is 6.54 Å². The molecule has 0 aliphatic heterocycles. The highest BCUT2D eigenvalue weighted by atomic mass is 14.7. The maximum atomic E-state index is 4.33. The normalized spacial score (nSPS) is 10.9. The van der Waals surface area contributed by atoms with Crippen molar-refractivity contribution in [3.8, 4) is 0 Å². The van der Waals surface area contributed by atoms with E-state index in [9.17, 15) is 0 Å². The van der Waals surface area contributed by atoms with Crippen molar-refractivity contribution in [3.63, 3.8) is 0 Å². The van der Waals surface area contributed by atoms with E-state index in [1.165, 1.54) is 5.71 Å². The van der Waals surface area contributed by atoms with Crippen LogP contribution in [0.15, 0.2) is 29.8 Å². The first-order valence-corrected chi connectivity index (χ1v) is 5.17. The summed E-state index contributed by atoms with van der Waals surface area (Å²) in [5.74, 6) is 0. The Bertz CT molecular complexity index is 155. The highest BCUT2D eigenvalue weighted by Crippen LogP contribution is 1.94. The average Bonchev–Trinajstić information content (AvgIpc) is 2.18. The summed E-state index contributed by atoms with van der Waals surface area (Å²) in [5.41, 5.74) is 1.18. The van der Waals surface area contributed by atoms with E-state index in [1.54, 1.807) is 6.08 Å². The zero-order chi connectivity index (χ0) is 10.5.